The van der Waals surface area contributed by atoms with E-state index in [2.05, 4.69) is 10.3 Å². The number of halogens is 1. The third kappa shape index (κ3) is 6.92. The van der Waals surface area contributed by atoms with Crippen LogP contribution in [0, 0.1) is 11.2 Å². The summed E-state index contributed by atoms with van der Waals surface area (Å²) >= 11 is 0. The summed E-state index contributed by atoms with van der Waals surface area (Å²) in [4.78, 5) is 17.2. The monoisotopic (exact) mass is 554 g/mol. The first-order chi connectivity index (χ1) is 19.9. The fourth-order valence-corrected chi connectivity index (χ4v) is 5.13. The Morgan fingerprint density at radius 2 is 1.63 bits per heavy atom. The molecule has 3 aromatic carbocycles. The molecule has 0 aliphatic carbocycles. The predicted molar refractivity (Wildman–Crippen MR) is 156 cm³/mol. The number of carbonyl (C=O) groups is 1. The van der Waals surface area contributed by atoms with Gasteiger partial charge in [-0.15, -0.1) is 0 Å². The first kappa shape index (κ1) is 28.3. The molecule has 0 spiro atoms. The first-order valence-electron chi connectivity index (χ1n) is 14.0. The van der Waals surface area contributed by atoms with E-state index in [0.717, 1.165) is 11.1 Å². The van der Waals surface area contributed by atoms with Gasteiger partial charge in [-0.2, -0.15) is 4.98 Å². The first-order valence-corrected chi connectivity index (χ1v) is 14.0. The Balaban J connectivity index is 1.39. The van der Waals surface area contributed by atoms with Crippen LogP contribution in [0.3, 0.4) is 0 Å². The number of nitrogens with zero attached hydrogens (tertiary/aromatic N) is 1. The van der Waals surface area contributed by atoms with Crippen LogP contribution in [0.4, 0.5) is 4.39 Å². The van der Waals surface area contributed by atoms with Gasteiger partial charge in [-0.25, -0.2) is 4.39 Å². The molecule has 1 aromatic heterocycles. The lowest BCUT2D eigenvalue weighted by Gasteiger charge is -2.37. The zero-order valence-corrected chi connectivity index (χ0v) is 23.4. The summed E-state index contributed by atoms with van der Waals surface area (Å²) in [7, 11) is 0. The van der Waals surface area contributed by atoms with Crippen molar-refractivity contribution in [3.8, 4) is 22.9 Å². The van der Waals surface area contributed by atoms with Gasteiger partial charge in [0.15, 0.2) is 0 Å². The second kappa shape index (κ2) is 13.0. The Morgan fingerprint density at radius 3 is 2.29 bits per heavy atom. The maximum atomic E-state index is 15.6. The molecule has 2 unspecified atom stereocenters. The number of pyridine rings is 1. The van der Waals surface area contributed by atoms with E-state index in [9.17, 15) is 4.79 Å². The van der Waals surface area contributed by atoms with Crippen molar-refractivity contribution < 1.29 is 23.4 Å². The Labute approximate surface area is 240 Å². The van der Waals surface area contributed by atoms with E-state index in [-0.39, 0.29) is 17.8 Å². The Hall–Kier alpha value is -4.23. The van der Waals surface area contributed by atoms with Gasteiger partial charge in [0, 0.05) is 23.2 Å². The lowest BCUT2D eigenvalue weighted by atomic mass is 9.76. The molecule has 1 aliphatic rings. The number of benzene rings is 3. The van der Waals surface area contributed by atoms with Crippen molar-refractivity contribution in [2.75, 3.05) is 13.2 Å². The number of aromatic nitrogens is 1. The number of nitrogens with one attached hydrogen (secondary N) is 1. The Kier molecular flexibility index (Phi) is 8.95. The van der Waals surface area contributed by atoms with Gasteiger partial charge in [-0.1, -0.05) is 72.8 Å². The maximum absolute atomic E-state index is 15.6. The number of ether oxygens (including phenoxy) is 3. The normalized spacial score (nSPS) is 18.5. The standard InChI is InChI=1S/C34H35FN2O4/c1-3-39-33(38)34(2)18-19-36-30(21-34)28-15-14-26(20-29(28)35)27-16-17-31(40-22-24-10-6-4-7-11-24)37-32(27)41-23-25-12-8-5-9-13-25/h4-17,20,30,36H,3,18-19,21-23H2,1-2H3. The van der Waals surface area contributed by atoms with Gasteiger partial charge in [-0.3, -0.25) is 4.79 Å². The molecule has 1 fully saturated rings. The average molecular weight is 555 g/mol. The number of piperidine rings is 1. The zero-order chi connectivity index (χ0) is 28.7. The second-order valence-corrected chi connectivity index (χ2v) is 10.5. The fourth-order valence-electron chi connectivity index (χ4n) is 5.13. The predicted octanol–water partition coefficient (Wildman–Crippen LogP) is 7.04. The van der Waals surface area contributed by atoms with Gasteiger partial charge in [0.1, 0.15) is 19.0 Å². The minimum absolute atomic E-state index is 0.232. The van der Waals surface area contributed by atoms with Gasteiger partial charge in [0.2, 0.25) is 11.8 Å². The third-order valence-corrected chi connectivity index (χ3v) is 7.46. The number of hydrogen-bond acceptors (Lipinski definition) is 6. The molecule has 2 atom stereocenters. The zero-order valence-electron chi connectivity index (χ0n) is 23.4. The van der Waals surface area contributed by atoms with Crippen molar-refractivity contribution in [2.45, 2.75) is 45.9 Å². The molecule has 0 radical (unpaired) electrons. The van der Waals surface area contributed by atoms with E-state index >= 15 is 4.39 Å². The topological polar surface area (TPSA) is 69.7 Å². The molecule has 5 rings (SSSR count). The van der Waals surface area contributed by atoms with Gasteiger partial charge >= 0.3 is 5.97 Å². The largest absolute Gasteiger partial charge is 0.473 e. The van der Waals surface area contributed by atoms with Crippen molar-refractivity contribution in [1.82, 2.24) is 10.3 Å². The molecule has 0 amide bonds. The lowest BCUT2D eigenvalue weighted by Crippen LogP contribution is -2.43. The van der Waals surface area contributed by atoms with Gasteiger partial charge < -0.3 is 19.5 Å². The summed E-state index contributed by atoms with van der Waals surface area (Å²) in [6.45, 7) is 5.30. The summed E-state index contributed by atoms with van der Waals surface area (Å²) in [5.74, 6) is 0.190. The molecular formula is C34H35FN2O4. The van der Waals surface area contributed by atoms with Gasteiger partial charge in [-0.05, 0) is 62.1 Å². The molecule has 41 heavy (non-hydrogen) atoms. The molecule has 1 aliphatic heterocycles. The minimum atomic E-state index is -0.658. The molecule has 2 heterocycles. The van der Waals surface area contributed by atoms with Crippen LogP contribution < -0.4 is 14.8 Å². The van der Waals surface area contributed by atoms with Gasteiger partial charge in [0.25, 0.3) is 0 Å². The molecule has 212 valence electrons. The fraction of sp³-hybridized carbons (Fsp3) is 0.294. The van der Waals surface area contributed by atoms with Crippen molar-refractivity contribution in [3.63, 3.8) is 0 Å². The summed E-state index contributed by atoms with van der Waals surface area (Å²) in [6.07, 6.45) is 1.11. The summed E-state index contributed by atoms with van der Waals surface area (Å²) in [6, 6.07) is 28.1. The van der Waals surface area contributed by atoms with E-state index in [4.69, 9.17) is 14.2 Å². The Morgan fingerprint density at radius 1 is 0.951 bits per heavy atom. The van der Waals surface area contributed by atoms with Crippen LogP contribution in [0.1, 0.15) is 49.4 Å². The molecular weight excluding hydrogens is 519 g/mol. The van der Waals surface area contributed by atoms with Crippen LogP contribution in [0.5, 0.6) is 11.8 Å². The van der Waals surface area contributed by atoms with E-state index in [0.29, 0.717) is 67.7 Å². The van der Waals surface area contributed by atoms with Crippen molar-refractivity contribution >= 4 is 5.97 Å². The molecule has 6 nitrogen and oxygen atoms in total. The number of carbonyl (C=O) groups excluding carboxylic acids is 1. The summed E-state index contributed by atoms with van der Waals surface area (Å²) in [5.41, 5.74) is 3.18. The van der Waals surface area contributed by atoms with Crippen LogP contribution >= 0.6 is 0 Å². The van der Waals surface area contributed by atoms with E-state index in [1.807, 2.05) is 79.7 Å². The van der Waals surface area contributed by atoms with Crippen LogP contribution in [-0.2, 0) is 22.7 Å². The number of esters is 1. The molecule has 1 N–H and O–H groups in total. The number of hydrogen-bond donors (Lipinski definition) is 1. The molecule has 4 aromatic rings. The lowest BCUT2D eigenvalue weighted by molar-refractivity contribution is -0.156. The summed E-state index contributed by atoms with van der Waals surface area (Å²) < 4.78 is 33.1. The minimum Gasteiger partial charge on any atom is -0.473 e. The smallest absolute Gasteiger partial charge is 0.311 e. The third-order valence-electron chi connectivity index (χ3n) is 7.46. The molecule has 1 saturated heterocycles. The van der Waals surface area contributed by atoms with Gasteiger partial charge in [0.05, 0.1) is 12.0 Å². The average Bonchev–Trinajstić information content (AvgIpc) is 3.00. The highest BCUT2D eigenvalue weighted by atomic mass is 19.1. The highest BCUT2D eigenvalue weighted by molar-refractivity contribution is 5.76. The van der Waals surface area contributed by atoms with E-state index in [1.54, 1.807) is 19.1 Å². The van der Waals surface area contributed by atoms with Crippen LogP contribution in [0.15, 0.2) is 91.0 Å². The van der Waals surface area contributed by atoms with Crippen LogP contribution in [0.25, 0.3) is 11.1 Å². The highest BCUT2D eigenvalue weighted by Gasteiger charge is 2.40. The Bertz CT molecular complexity index is 1460. The quantitative estimate of drug-likeness (QED) is 0.212. The highest BCUT2D eigenvalue weighted by Crippen LogP contribution is 2.40. The van der Waals surface area contributed by atoms with E-state index in [1.165, 1.54) is 6.07 Å². The van der Waals surface area contributed by atoms with Crippen molar-refractivity contribution in [1.29, 1.82) is 0 Å². The molecule has 0 saturated carbocycles. The number of rotatable bonds is 10. The van der Waals surface area contributed by atoms with Crippen molar-refractivity contribution in [3.05, 3.63) is 114 Å². The SMILES string of the molecule is CCOC(=O)C1(C)CCNC(c2ccc(-c3ccc(OCc4ccccc4)nc3OCc3ccccc3)cc2F)C1. The second-order valence-electron chi connectivity index (χ2n) is 10.5. The maximum Gasteiger partial charge on any atom is 0.311 e. The van der Waals surface area contributed by atoms with Crippen LogP contribution in [0.2, 0.25) is 0 Å². The van der Waals surface area contributed by atoms with E-state index < -0.39 is 5.41 Å². The molecule has 0 bridgehead atoms. The molecule has 7 heteroatoms. The van der Waals surface area contributed by atoms with Crippen molar-refractivity contribution in [2.24, 2.45) is 5.41 Å². The van der Waals surface area contributed by atoms with Crippen LogP contribution in [-0.4, -0.2) is 24.1 Å². The summed E-state index contributed by atoms with van der Waals surface area (Å²) in [5, 5.41) is 3.37.